The molecule has 0 aliphatic rings. The smallest absolute Gasteiger partial charge is 0.240 e. The van der Waals surface area contributed by atoms with Gasteiger partial charge in [-0.3, -0.25) is 14.6 Å². The Kier molecular flexibility index (Phi) is 6.95. The Morgan fingerprint density at radius 3 is 2.48 bits per heavy atom. The van der Waals surface area contributed by atoms with Gasteiger partial charge in [-0.15, -0.1) is 10.2 Å². The van der Waals surface area contributed by atoms with Crippen molar-refractivity contribution in [2.75, 3.05) is 19.3 Å². The van der Waals surface area contributed by atoms with Crippen molar-refractivity contribution in [3.05, 3.63) is 24.5 Å². The second-order valence-electron chi connectivity index (χ2n) is 7.12. The third-order valence-electron chi connectivity index (χ3n) is 3.62. The predicted molar refractivity (Wildman–Crippen MR) is 105 cm³/mol. The van der Waals surface area contributed by atoms with Gasteiger partial charge in [0.25, 0.3) is 0 Å². The van der Waals surface area contributed by atoms with Gasteiger partial charge in [-0.05, 0) is 39.8 Å². The summed E-state index contributed by atoms with van der Waals surface area (Å²) < 4.78 is 1.96. The highest BCUT2D eigenvalue weighted by Gasteiger charge is 2.19. The molecule has 27 heavy (non-hydrogen) atoms. The molecule has 0 aliphatic heterocycles. The van der Waals surface area contributed by atoms with Crippen LogP contribution >= 0.6 is 11.8 Å². The van der Waals surface area contributed by atoms with Gasteiger partial charge in [0, 0.05) is 37.1 Å². The number of amides is 2. The van der Waals surface area contributed by atoms with Crippen molar-refractivity contribution in [2.45, 2.75) is 44.9 Å². The van der Waals surface area contributed by atoms with E-state index in [0.29, 0.717) is 11.7 Å². The molecule has 146 valence electrons. The Hall–Kier alpha value is -2.42. The lowest BCUT2D eigenvalue weighted by Gasteiger charge is -2.23. The highest BCUT2D eigenvalue weighted by Crippen LogP contribution is 2.23. The van der Waals surface area contributed by atoms with E-state index in [-0.39, 0.29) is 29.7 Å². The molecule has 0 spiro atoms. The number of aromatic nitrogens is 4. The number of likely N-dealkylation sites (N-methyl/N-ethyl adjacent to an activating group) is 1. The summed E-state index contributed by atoms with van der Waals surface area (Å²) in [4.78, 5) is 29.8. The van der Waals surface area contributed by atoms with Crippen LogP contribution in [0.4, 0.5) is 0 Å². The van der Waals surface area contributed by atoms with Crippen LogP contribution in [0.15, 0.2) is 29.7 Å². The van der Waals surface area contributed by atoms with Gasteiger partial charge in [0.2, 0.25) is 11.8 Å². The zero-order chi connectivity index (χ0) is 20.0. The van der Waals surface area contributed by atoms with E-state index in [0.717, 1.165) is 11.4 Å². The standard InChI is InChI=1S/C18H26N6O2S/c1-6-24-16(13-7-9-19-10-8-13)21-22-17(24)27-12-15(26)23(5)11-14(25)20-18(2,3)4/h7-10H,6,11-12H2,1-5H3,(H,20,25). The Labute approximate surface area is 163 Å². The van der Waals surface area contributed by atoms with E-state index in [1.807, 2.05) is 44.4 Å². The summed E-state index contributed by atoms with van der Waals surface area (Å²) in [6, 6.07) is 3.74. The van der Waals surface area contributed by atoms with Crippen LogP contribution < -0.4 is 5.32 Å². The first-order valence-electron chi connectivity index (χ1n) is 8.72. The fourth-order valence-corrected chi connectivity index (χ4v) is 3.34. The molecule has 2 rings (SSSR count). The average molecular weight is 391 g/mol. The summed E-state index contributed by atoms with van der Waals surface area (Å²) in [7, 11) is 1.62. The first-order valence-corrected chi connectivity index (χ1v) is 9.71. The first kappa shape index (κ1) is 20.9. The Morgan fingerprint density at radius 2 is 1.89 bits per heavy atom. The van der Waals surface area contributed by atoms with E-state index < -0.39 is 0 Å². The Bertz CT molecular complexity index is 785. The van der Waals surface area contributed by atoms with Gasteiger partial charge in [0.15, 0.2) is 11.0 Å². The summed E-state index contributed by atoms with van der Waals surface area (Å²) >= 11 is 1.31. The molecule has 0 aliphatic carbocycles. The van der Waals surface area contributed by atoms with Crippen molar-refractivity contribution in [1.29, 1.82) is 0 Å². The zero-order valence-corrected chi connectivity index (χ0v) is 17.2. The van der Waals surface area contributed by atoms with Crippen molar-refractivity contribution >= 4 is 23.6 Å². The molecule has 0 radical (unpaired) electrons. The second-order valence-corrected chi connectivity index (χ2v) is 8.07. The van der Waals surface area contributed by atoms with E-state index in [1.54, 1.807) is 19.4 Å². The number of carbonyl (C=O) groups excluding carboxylic acids is 2. The van der Waals surface area contributed by atoms with Crippen LogP contribution in [0, 0.1) is 0 Å². The maximum atomic E-state index is 12.4. The number of carbonyl (C=O) groups is 2. The van der Waals surface area contributed by atoms with Gasteiger partial charge in [-0.2, -0.15) is 0 Å². The monoisotopic (exact) mass is 390 g/mol. The molecule has 0 atom stereocenters. The van der Waals surface area contributed by atoms with E-state index in [4.69, 9.17) is 0 Å². The number of pyridine rings is 1. The summed E-state index contributed by atoms with van der Waals surface area (Å²) in [6.07, 6.45) is 3.41. The van der Waals surface area contributed by atoms with Crippen molar-refractivity contribution in [1.82, 2.24) is 30.0 Å². The Balaban J connectivity index is 1.97. The molecule has 2 heterocycles. The number of nitrogens with zero attached hydrogens (tertiary/aromatic N) is 5. The number of hydrogen-bond donors (Lipinski definition) is 1. The summed E-state index contributed by atoms with van der Waals surface area (Å²) in [6.45, 7) is 8.43. The highest BCUT2D eigenvalue weighted by atomic mass is 32.2. The normalized spacial score (nSPS) is 11.3. The third-order valence-corrected chi connectivity index (χ3v) is 4.57. The number of nitrogens with one attached hydrogen (secondary N) is 1. The second kappa shape index (κ2) is 8.98. The molecule has 2 aromatic rings. The van der Waals surface area contributed by atoms with Crippen molar-refractivity contribution in [3.63, 3.8) is 0 Å². The average Bonchev–Trinajstić information content (AvgIpc) is 3.01. The van der Waals surface area contributed by atoms with Gasteiger partial charge < -0.3 is 14.8 Å². The van der Waals surface area contributed by atoms with Gasteiger partial charge >= 0.3 is 0 Å². The lowest BCUT2D eigenvalue weighted by atomic mass is 10.1. The Morgan fingerprint density at radius 1 is 1.22 bits per heavy atom. The minimum Gasteiger partial charge on any atom is -0.350 e. The van der Waals surface area contributed by atoms with Crippen LogP contribution in [-0.4, -0.2) is 61.3 Å². The summed E-state index contributed by atoms with van der Waals surface area (Å²) in [5.41, 5.74) is 0.602. The van der Waals surface area contributed by atoms with E-state index >= 15 is 0 Å². The predicted octanol–water partition coefficient (Wildman–Crippen LogP) is 1.83. The van der Waals surface area contributed by atoms with Crippen molar-refractivity contribution < 1.29 is 9.59 Å². The molecule has 1 N–H and O–H groups in total. The number of rotatable bonds is 7. The molecule has 8 nitrogen and oxygen atoms in total. The van der Waals surface area contributed by atoms with Gasteiger partial charge in [0.1, 0.15) is 0 Å². The quantitative estimate of drug-likeness (QED) is 0.725. The molecule has 0 fully saturated rings. The van der Waals surface area contributed by atoms with Crippen molar-refractivity contribution in [2.24, 2.45) is 0 Å². The summed E-state index contributed by atoms with van der Waals surface area (Å²) in [5.74, 6) is 0.612. The van der Waals surface area contributed by atoms with Crippen molar-refractivity contribution in [3.8, 4) is 11.4 Å². The van der Waals surface area contributed by atoms with Crippen LogP contribution in [0.3, 0.4) is 0 Å². The number of hydrogen-bond acceptors (Lipinski definition) is 6. The minimum absolute atomic E-state index is 0.0272. The largest absolute Gasteiger partial charge is 0.350 e. The fourth-order valence-electron chi connectivity index (χ4n) is 2.39. The molecular weight excluding hydrogens is 364 g/mol. The SMILES string of the molecule is CCn1c(SCC(=O)N(C)CC(=O)NC(C)(C)C)nnc1-c1ccncc1. The lowest BCUT2D eigenvalue weighted by Crippen LogP contribution is -2.46. The van der Waals surface area contributed by atoms with Crippen LogP contribution in [0.25, 0.3) is 11.4 Å². The lowest BCUT2D eigenvalue weighted by molar-refractivity contribution is -0.133. The molecule has 0 unspecified atom stereocenters. The molecule has 9 heteroatoms. The minimum atomic E-state index is -0.323. The number of thioether (sulfide) groups is 1. The van der Waals surface area contributed by atoms with E-state index in [2.05, 4.69) is 20.5 Å². The zero-order valence-electron chi connectivity index (χ0n) is 16.4. The van der Waals surface area contributed by atoms with Crippen LogP contribution in [0.2, 0.25) is 0 Å². The van der Waals surface area contributed by atoms with Crippen LogP contribution in [0.1, 0.15) is 27.7 Å². The molecule has 0 aromatic carbocycles. The first-order chi connectivity index (χ1) is 12.7. The fraction of sp³-hybridized carbons (Fsp3) is 0.500. The summed E-state index contributed by atoms with van der Waals surface area (Å²) in [5, 5.41) is 12.0. The molecule has 0 saturated carbocycles. The van der Waals surface area contributed by atoms with Gasteiger partial charge in [0.05, 0.1) is 12.3 Å². The molecule has 0 saturated heterocycles. The topological polar surface area (TPSA) is 93.0 Å². The molecule has 2 aromatic heterocycles. The maximum absolute atomic E-state index is 12.4. The van der Waals surface area contributed by atoms with Gasteiger partial charge in [-0.1, -0.05) is 11.8 Å². The molecule has 2 amide bonds. The van der Waals surface area contributed by atoms with E-state index in [1.165, 1.54) is 16.7 Å². The maximum Gasteiger partial charge on any atom is 0.240 e. The van der Waals surface area contributed by atoms with Crippen LogP contribution in [-0.2, 0) is 16.1 Å². The molecular formula is C18H26N6O2S. The van der Waals surface area contributed by atoms with Gasteiger partial charge in [-0.25, -0.2) is 0 Å². The highest BCUT2D eigenvalue weighted by molar-refractivity contribution is 7.99. The third kappa shape index (κ3) is 6.06. The van der Waals surface area contributed by atoms with Crippen LogP contribution in [0.5, 0.6) is 0 Å². The van der Waals surface area contributed by atoms with E-state index in [9.17, 15) is 9.59 Å². The molecule has 0 bridgehead atoms.